The van der Waals surface area contributed by atoms with Gasteiger partial charge in [0.15, 0.2) is 0 Å². The summed E-state index contributed by atoms with van der Waals surface area (Å²) in [6.45, 7) is 0.564. The van der Waals surface area contributed by atoms with Crippen molar-refractivity contribution >= 4 is 22.7 Å². The fourth-order valence-electron chi connectivity index (χ4n) is 2.60. The predicted molar refractivity (Wildman–Crippen MR) is 92.1 cm³/mol. The molecule has 4 rings (SSSR count). The molecule has 120 valence electrons. The number of fused-ring (bicyclic) bond motifs is 1. The summed E-state index contributed by atoms with van der Waals surface area (Å²) in [5, 5.41) is 11.1. The van der Waals surface area contributed by atoms with E-state index < -0.39 is 0 Å². The molecule has 3 aromatic heterocycles. The van der Waals surface area contributed by atoms with Gasteiger partial charge in [-0.3, -0.25) is 5.10 Å². The van der Waals surface area contributed by atoms with Gasteiger partial charge >= 0.3 is 0 Å². The number of nitrogens with zero attached hydrogens (tertiary/aromatic N) is 5. The number of aromatic nitrogens is 6. The number of rotatable bonds is 4. The molecule has 0 unspecified atom stereocenters. The van der Waals surface area contributed by atoms with Crippen molar-refractivity contribution in [2.24, 2.45) is 7.05 Å². The monoisotopic (exact) mass is 320 g/mol. The Morgan fingerprint density at radius 1 is 1.25 bits per heavy atom. The number of hydrogen-bond donors (Lipinski definition) is 3. The number of benzene rings is 1. The van der Waals surface area contributed by atoms with Gasteiger partial charge in [0.2, 0.25) is 5.95 Å². The maximum Gasteiger partial charge on any atom is 0.222 e. The van der Waals surface area contributed by atoms with Crippen molar-refractivity contribution in [3.8, 4) is 11.3 Å². The molecule has 8 nitrogen and oxygen atoms in total. The van der Waals surface area contributed by atoms with E-state index in [0.29, 0.717) is 12.4 Å². The van der Waals surface area contributed by atoms with Crippen molar-refractivity contribution in [1.29, 1.82) is 0 Å². The third kappa shape index (κ3) is 2.65. The number of nitrogens with two attached hydrogens (primary N) is 1. The molecule has 0 bridgehead atoms. The van der Waals surface area contributed by atoms with Crippen LogP contribution in [0.4, 0.5) is 11.8 Å². The Balaban J connectivity index is 1.70. The Kier molecular flexibility index (Phi) is 3.34. The summed E-state index contributed by atoms with van der Waals surface area (Å²) >= 11 is 0. The average Bonchev–Trinajstić information content (AvgIpc) is 3.23. The fraction of sp³-hybridized carbons (Fsp3) is 0.125. The van der Waals surface area contributed by atoms with E-state index in [0.717, 1.165) is 27.9 Å². The van der Waals surface area contributed by atoms with Crippen molar-refractivity contribution in [2.75, 3.05) is 11.1 Å². The van der Waals surface area contributed by atoms with Crippen LogP contribution in [0, 0.1) is 0 Å². The summed E-state index contributed by atoms with van der Waals surface area (Å²) in [6, 6.07) is 7.85. The lowest BCUT2D eigenvalue weighted by atomic mass is 10.1. The van der Waals surface area contributed by atoms with E-state index in [9.17, 15) is 0 Å². The Morgan fingerprint density at radius 3 is 2.92 bits per heavy atom. The molecule has 3 heterocycles. The zero-order chi connectivity index (χ0) is 16.5. The number of anilines is 2. The quantitative estimate of drug-likeness (QED) is 0.530. The zero-order valence-corrected chi connectivity index (χ0v) is 13.1. The van der Waals surface area contributed by atoms with Crippen molar-refractivity contribution in [3.63, 3.8) is 0 Å². The van der Waals surface area contributed by atoms with Crippen LogP contribution < -0.4 is 11.1 Å². The second-order valence-corrected chi connectivity index (χ2v) is 5.52. The lowest BCUT2D eigenvalue weighted by molar-refractivity contribution is 0.912. The minimum absolute atomic E-state index is 0.229. The number of aromatic amines is 1. The first-order valence-corrected chi connectivity index (χ1v) is 7.47. The maximum atomic E-state index is 5.86. The molecule has 24 heavy (non-hydrogen) atoms. The number of aryl methyl sites for hydroxylation is 1. The molecule has 0 amide bonds. The second-order valence-electron chi connectivity index (χ2n) is 5.52. The average molecular weight is 320 g/mol. The van der Waals surface area contributed by atoms with Crippen molar-refractivity contribution in [2.45, 2.75) is 6.54 Å². The summed E-state index contributed by atoms with van der Waals surface area (Å²) in [6.07, 6.45) is 5.43. The topological polar surface area (TPSA) is 110 Å². The van der Waals surface area contributed by atoms with Crippen molar-refractivity contribution in [3.05, 3.63) is 48.7 Å². The van der Waals surface area contributed by atoms with E-state index in [-0.39, 0.29) is 5.95 Å². The molecule has 0 saturated carbocycles. The first-order valence-electron chi connectivity index (χ1n) is 7.47. The molecule has 8 heteroatoms. The van der Waals surface area contributed by atoms with Gasteiger partial charge in [-0.1, -0.05) is 6.07 Å². The van der Waals surface area contributed by atoms with Crippen molar-refractivity contribution < 1.29 is 0 Å². The van der Waals surface area contributed by atoms with E-state index in [1.165, 1.54) is 0 Å². The number of imidazole rings is 1. The van der Waals surface area contributed by atoms with Gasteiger partial charge in [0, 0.05) is 30.4 Å². The Hall–Kier alpha value is -3.42. The smallest absolute Gasteiger partial charge is 0.222 e. The molecule has 0 atom stereocenters. The van der Waals surface area contributed by atoms with Gasteiger partial charge in [0.25, 0.3) is 0 Å². The highest BCUT2D eigenvalue weighted by molar-refractivity contribution is 5.92. The Bertz CT molecular complexity index is 987. The second kappa shape index (κ2) is 5.65. The molecule has 4 aromatic rings. The molecular formula is C16H16N8. The highest BCUT2D eigenvalue weighted by Crippen LogP contribution is 2.26. The maximum absolute atomic E-state index is 5.86. The SMILES string of the molecule is Cn1cnc(CNc2nc(N)nc3cc(-c4ccn[nH]4)ccc23)c1. The Morgan fingerprint density at radius 2 is 2.17 bits per heavy atom. The van der Waals surface area contributed by atoms with Crippen LogP contribution in [-0.4, -0.2) is 29.7 Å². The third-order valence-electron chi connectivity index (χ3n) is 3.72. The van der Waals surface area contributed by atoms with Crippen LogP contribution in [0.5, 0.6) is 0 Å². The van der Waals surface area contributed by atoms with E-state index in [1.807, 2.05) is 42.1 Å². The highest BCUT2D eigenvalue weighted by Gasteiger charge is 2.09. The predicted octanol–water partition coefficient (Wildman–Crippen LogP) is 1.95. The summed E-state index contributed by atoms with van der Waals surface area (Å²) in [7, 11) is 1.94. The summed E-state index contributed by atoms with van der Waals surface area (Å²) < 4.78 is 1.90. The Labute approximate surface area is 137 Å². The molecule has 0 spiro atoms. The summed E-state index contributed by atoms with van der Waals surface area (Å²) in [4.78, 5) is 13.0. The number of nitrogens with one attached hydrogen (secondary N) is 2. The van der Waals surface area contributed by atoms with Crippen LogP contribution in [0.15, 0.2) is 43.0 Å². The molecule has 4 N–H and O–H groups in total. The largest absolute Gasteiger partial charge is 0.368 e. The van der Waals surface area contributed by atoms with Crippen LogP contribution in [-0.2, 0) is 13.6 Å². The zero-order valence-electron chi connectivity index (χ0n) is 13.1. The van der Waals surface area contributed by atoms with Gasteiger partial charge in [0.05, 0.1) is 29.8 Å². The van der Waals surface area contributed by atoms with Crippen LogP contribution in [0.1, 0.15) is 5.69 Å². The normalized spacial score (nSPS) is 11.0. The standard InChI is InChI=1S/C16H16N8/c1-24-8-11(19-9-24)7-18-15-12-3-2-10(13-4-5-20-23-13)6-14(12)21-16(17)22-15/h2-6,8-9H,7H2,1H3,(H,20,23)(H3,17,18,21,22). The van der Waals surface area contributed by atoms with Gasteiger partial charge in [0.1, 0.15) is 5.82 Å². The van der Waals surface area contributed by atoms with E-state index in [2.05, 4.69) is 30.5 Å². The first kappa shape index (κ1) is 14.2. The summed E-state index contributed by atoms with van der Waals surface area (Å²) in [5.41, 5.74) is 9.49. The molecule has 0 aliphatic heterocycles. The summed E-state index contributed by atoms with van der Waals surface area (Å²) in [5.74, 6) is 0.923. The van der Waals surface area contributed by atoms with Gasteiger partial charge < -0.3 is 15.6 Å². The minimum Gasteiger partial charge on any atom is -0.368 e. The highest BCUT2D eigenvalue weighted by atomic mass is 15.1. The lowest BCUT2D eigenvalue weighted by Crippen LogP contribution is -2.05. The van der Waals surface area contributed by atoms with Crippen molar-refractivity contribution in [1.82, 2.24) is 29.7 Å². The van der Waals surface area contributed by atoms with E-state index in [4.69, 9.17) is 5.73 Å². The third-order valence-corrected chi connectivity index (χ3v) is 3.72. The number of nitrogen functional groups attached to an aromatic ring is 1. The first-order chi connectivity index (χ1) is 11.7. The number of hydrogen-bond acceptors (Lipinski definition) is 6. The fourth-order valence-corrected chi connectivity index (χ4v) is 2.60. The lowest BCUT2D eigenvalue weighted by Gasteiger charge is -2.09. The van der Waals surface area contributed by atoms with E-state index in [1.54, 1.807) is 12.5 Å². The molecule has 1 aromatic carbocycles. The van der Waals surface area contributed by atoms with Crippen LogP contribution >= 0.6 is 0 Å². The van der Waals surface area contributed by atoms with Gasteiger partial charge in [-0.25, -0.2) is 9.97 Å². The molecule has 0 aliphatic carbocycles. The molecule has 0 aliphatic rings. The van der Waals surface area contributed by atoms with Crippen LogP contribution in [0.25, 0.3) is 22.2 Å². The molecular weight excluding hydrogens is 304 g/mol. The van der Waals surface area contributed by atoms with Crippen LogP contribution in [0.3, 0.4) is 0 Å². The van der Waals surface area contributed by atoms with Gasteiger partial charge in [-0.2, -0.15) is 10.1 Å². The molecule has 0 radical (unpaired) electrons. The van der Waals surface area contributed by atoms with Gasteiger partial charge in [-0.05, 0) is 18.2 Å². The molecule has 0 saturated heterocycles. The van der Waals surface area contributed by atoms with Crippen LogP contribution in [0.2, 0.25) is 0 Å². The minimum atomic E-state index is 0.229. The van der Waals surface area contributed by atoms with E-state index >= 15 is 0 Å². The molecule has 0 fully saturated rings. The van der Waals surface area contributed by atoms with Gasteiger partial charge in [-0.15, -0.1) is 0 Å². The number of H-pyrrole nitrogens is 1.